The van der Waals surface area contributed by atoms with Gasteiger partial charge in [-0.1, -0.05) is 11.3 Å². The summed E-state index contributed by atoms with van der Waals surface area (Å²) >= 11 is 1.64. The number of fused-ring (bicyclic) bond motifs is 1. The van der Waals surface area contributed by atoms with Crippen molar-refractivity contribution < 1.29 is 17.7 Å². The lowest BCUT2D eigenvalue weighted by Gasteiger charge is -2.12. The molecule has 4 rings (SSSR count). The van der Waals surface area contributed by atoms with Crippen LogP contribution >= 0.6 is 11.3 Å². The third-order valence-electron chi connectivity index (χ3n) is 4.70. The fourth-order valence-corrected chi connectivity index (χ4v) is 4.37. The van der Waals surface area contributed by atoms with Crippen LogP contribution in [0.2, 0.25) is 0 Å². The first-order chi connectivity index (χ1) is 13.4. The van der Waals surface area contributed by atoms with Crippen LogP contribution in [-0.2, 0) is 21.0 Å². The van der Waals surface area contributed by atoms with Crippen molar-refractivity contribution in [3.8, 4) is 0 Å². The molecule has 4 N–H and O–H groups in total. The van der Waals surface area contributed by atoms with Gasteiger partial charge in [-0.2, -0.15) is 8.42 Å². The first kappa shape index (κ1) is 19.1. The Balaban J connectivity index is 1.51. The molecular formula is C15H19N7O4S2. The summed E-state index contributed by atoms with van der Waals surface area (Å²) in [6.07, 6.45) is 1.56. The van der Waals surface area contributed by atoms with Crippen LogP contribution in [0.1, 0.15) is 23.8 Å². The van der Waals surface area contributed by atoms with Gasteiger partial charge in [0.2, 0.25) is 0 Å². The quantitative estimate of drug-likeness (QED) is 0.488. The highest BCUT2D eigenvalue weighted by Gasteiger charge is 2.36. The molecule has 11 nitrogen and oxygen atoms in total. The van der Waals surface area contributed by atoms with Crippen LogP contribution in [0.5, 0.6) is 0 Å². The van der Waals surface area contributed by atoms with E-state index in [2.05, 4.69) is 29.8 Å². The number of nitrogens with two attached hydrogens (primary N) is 1. The maximum atomic E-state index is 11.0. The van der Waals surface area contributed by atoms with E-state index in [0.717, 1.165) is 4.88 Å². The van der Waals surface area contributed by atoms with Crippen LogP contribution in [0.3, 0.4) is 0 Å². The minimum atomic E-state index is -4.05. The van der Waals surface area contributed by atoms with Gasteiger partial charge in [0.1, 0.15) is 6.33 Å². The maximum Gasteiger partial charge on any atom is 0.333 e. The Morgan fingerprint density at radius 3 is 3.00 bits per heavy atom. The summed E-state index contributed by atoms with van der Waals surface area (Å²) in [4.78, 5) is 9.70. The number of nitrogens with one attached hydrogen (secondary N) is 1. The van der Waals surface area contributed by atoms with Gasteiger partial charge < -0.3 is 10.4 Å². The molecule has 1 aliphatic carbocycles. The number of thiophene rings is 1. The van der Waals surface area contributed by atoms with Crippen LogP contribution in [0.15, 0.2) is 23.8 Å². The Kier molecular flexibility index (Phi) is 5.25. The molecule has 0 radical (unpaired) electrons. The molecule has 1 fully saturated rings. The van der Waals surface area contributed by atoms with Crippen LogP contribution in [0.4, 0.5) is 5.82 Å². The third kappa shape index (κ3) is 4.12. The summed E-state index contributed by atoms with van der Waals surface area (Å²) in [5, 5.41) is 28.7. The molecular weight excluding hydrogens is 406 g/mol. The standard InChI is InChI=1S/C15H19N7O4S2/c16-28(24,25)26-7-9-4-10(5-12(9)23)22-15-13(20-21-22)14(18-8-19-15)17-6-11-2-1-3-27-11/h1-3,8-10,12,23H,4-7H2,(H2,16,24,25)(H,17,18,19)/t9-,10+,12-/m0/s1. The largest absolute Gasteiger partial charge is 0.393 e. The maximum absolute atomic E-state index is 11.0. The Morgan fingerprint density at radius 2 is 2.25 bits per heavy atom. The monoisotopic (exact) mass is 425 g/mol. The molecule has 13 heteroatoms. The molecule has 3 atom stereocenters. The zero-order chi connectivity index (χ0) is 19.7. The van der Waals surface area contributed by atoms with E-state index < -0.39 is 16.4 Å². The van der Waals surface area contributed by atoms with Gasteiger partial charge in [0.25, 0.3) is 0 Å². The SMILES string of the molecule is NS(=O)(=O)OC[C@@H]1C[C@@H](n2nnc3c(NCc4cccs4)ncnc32)C[C@@H]1O. The van der Waals surface area contributed by atoms with E-state index in [4.69, 9.17) is 5.14 Å². The molecule has 3 aromatic heterocycles. The minimum Gasteiger partial charge on any atom is -0.393 e. The zero-order valence-corrected chi connectivity index (χ0v) is 16.3. The first-order valence-corrected chi connectivity index (χ1v) is 10.9. The van der Waals surface area contributed by atoms with Crippen molar-refractivity contribution in [2.24, 2.45) is 11.1 Å². The van der Waals surface area contributed by atoms with Gasteiger partial charge in [-0.25, -0.2) is 19.8 Å². The van der Waals surface area contributed by atoms with Gasteiger partial charge in [-0.15, -0.1) is 16.4 Å². The second kappa shape index (κ2) is 7.67. The van der Waals surface area contributed by atoms with E-state index in [1.165, 1.54) is 6.33 Å². The Bertz CT molecular complexity index is 1050. The second-order valence-corrected chi connectivity index (χ2v) is 8.84. The van der Waals surface area contributed by atoms with Gasteiger partial charge in [-0.3, -0.25) is 4.18 Å². The number of hydrogen-bond donors (Lipinski definition) is 3. The predicted octanol–water partition coefficient (Wildman–Crippen LogP) is 0.427. The average molecular weight is 425 g/mol. The number of rotatable bonds is 7. The van der Waals surface area contributed by atoms with Crippen LogP contribution in [0.25, 0.3) is 11.2 Å². The van der Waals surface area contributed by atoms with Gasteiger partial charge in [0.05, 0.1) is 25.3 Å². The molecule has 1 aliphatic rings. The lowest BCUT2D eigenvalue weighted by molar-refractivity contribution is 0.100. The smallest absolute Gasteiger partial charge is 0.333 e. The fourth-order valence-electron chi connectivity index (χ4n) is 3.36. The number of aliphatic hydroxyl groups is 1. The Morgan fingerprint density at radius 1 is 1.39 bits per heavy atom. The van der Waals surface area contributed by atoms with E-state index >= 15 is 0 Å². The highest BCUT2D eigenvalue weighted by atomic mass is 32.2. The van der Waals surface area contributed by atoms with Gasteiger partial charge >= 0.3 is 10.3 Å². The average Bonchev–Trinajstić information content (AvgIpc) is 3.37. The number of aromatic nitrogens is 5. The molecule has 28 heavy (non-hydrogen) atoms. The summed E-state index contributed by atoms with van der Waals surface area (Å²) in [7, 11) is -4.05. The van der Waals surface area contributed by atoms with Crippen molar-refractivity contribution in [2.75, 3.05) is 11.9 Å². The van der Waals surface area contributed by atoms with E-state index in [1.807, 2.05) is 17.5 Å². The van der Waals surface area contributed by atoms with Crippen molar-refractivity contribution in [3.63, 3.8) is 0 Å². The zero-order valence-electron chi connectivity index (χ0n) is 14.7. The van der Waals surface area contributed by atoms with Gasteiger partial charge in [0, 0.05) is 10.8 Å². The van der Waals surface area contributed by atoms with Crippen molar-refractivity contribution in [2.45, 2.75) is 31.5 Å². The summed E-state index contributed by atoms with van der Waals surface area (Å²) in [5.41, 5.74) is 1.09. The number of anilines is 1. The summed E-state index contributed by atoms with van der Waals surface area (Å²) in [5.74, 6) is 0.207. The van der Waals surface area contributed by atoms with E-state index in [0.29, 0.717) is 36.4 Å². The molecule has 0 spiro atoms. The molecule has 0 bridgehead atoms. The number of aliphatic hydroxyl groups excluding tert-OH is 1. The molecule has 0 aliphatic heterocycles. The van der Waals surface area contributed by atoms with Crippen LogP contribution < -0.4 is 10.5 Å². The predicted molar refractivity (Wildman–Crippen MR) is 102 cm³/mol. The summed E-state index contributed by atoms with van der Waals surface area (Å²) in [6, 6.07) is 3.82. The van der Waals surface area contributed by atoms with E-state index in [1.54, 1.807) is 16.0 Å². The Labute approximate surface area is 164 Å². The fraction of sp³-hybridized carbons (Fsp3) is 0.467. The number of hydrogen-bond acceptors (Lipinski definition) is 10. The van der Waals surface area contributed by atoms with Crippen molar-refractivity contribution in [1.82, 2.24) is 25.0 Å². The van der Waals surface area contributed by atoms with Crippen molar-refractivity contribution in [3.05, 3.63) is 28.7 Å². The first-order valence-electron chi connectivity index (χ1n) is 8.58. The lowest BCUT2D eigenvalue weighted by Crippen LogP contribution is -2.24. The molecule has 150 valence electrons. The summed E-state index contributed by atoms with van der Waals surface area (Å²) in [6.45, 7) is 0.442. The van der Waals surface area contributed by atoms with Gasteiger partial charge in [-0.05, 0) is 24.3 Å². The minimum absolute atomic E-state index is 0.175. The van der Waals surface area contributed by atoms with Crippen molar-refractivity contribution in [1.29, 1.82) is 0 Å². The van der Waals surface area contributed by atoms with E-state index in [-0.39, 0.29) is 18.6 Å². The Hall–Kier alpha value is -2.19. The van der Waals surface area contributed by atoms with E-state index in [9.17, 15) is 13.5 Å². The molecule has 3 heterocycles. The van der Waals surface area contributed by atoms with Crippen LogP contribution in [0, 0.1) is 5.92 Å². The third-order valence-corrected chi connectivity index (χ3v) is 6.04. The molecule has 0 saturated heterocycles. The summed E-state index contributed by atoms with van der Waals surface area (Å²) < 4.78 is 28.3. The van der Waals surface area contributed by atoms with Crippen molar-refractivity contribution >= 4 is 38.6 Å². The highest BCUT2D eigenvalue weighted by molar-refractivity contribution is 7.84. The molecule has 1 saturated carbocycles. The molecule has 0 aromatic carbocycles. The van der Waals surface area contributed by atoms with Gasteiger partial charge in [0.15, 0.2) is 17.0 Å². The van der Waals surface area contributed by atoms with Crippen LogP contribution in [-0.4, -0.2) is 51.2 Å². The molecule has 0 unspecified atom stereocenters. The molecule has 0 amide bonds. The second-order valence-electron chi connectivity index (χ2n) is 6.59. The number of nitrogens with zero attached hydrogens (tertiary/aromatic N) is 5. The molecule has 3 aromatic rings. The topological polar surface area (TPSA) is 158 Å². The lowest BCUT2D eigenvalue weighted by atomic mass is 10.1. The highest BCUT2D eigenvalue weighted by Crippen LogP contribution is 2.36. The normalized spacial score (nSPS) is 22.7.